The van der Waals surface area contributed by atoms with Crippen LogP contribution in [0.4, 0.5) is 4.79 Å². The highest BCUT2D eigenvalue weighted by Gasteiger charge is 2.50. The van der Waals surface area contributed by atoms with Crippen LogP contribution in [0.25, 0.3) is 0 Å². The summed E-state index contributed by atoms with van der Waals surface area (Å²) in [4.78, 5) is 40.6. The van der Waals surface area contributed by atoms with E-state index in [2.05, 4.69) is 45.0 Å². The van der Waals surface area contributed by atoms with Crippen LogP contribution in [0.3, 0.4) is 0 Å². The molecular formula is C29H40N2O5Si. The van der Waals surface area contributed by atoms with Crippen LogP contribution in [0.15, 0.2) is 60.7 Å². The van der Waals surface area contributed by atoms with Gasteiger partial charge in [-0.25, -0.2) is 4.79 Å². The first kappa shape index (κ1) is 28.6. The lowest BCUT2D eigenvalue weighted by Crippen LogP contribution is -2.66. The van der Waals surface area contributed by atoms with Crippen molar-refractivity contribution in [2.75, 3.05) is 26.2 Å². The monoisotopic (exact) mass is 524 g/mol. The zero-order valence-electron chi connectivity index (χ0n) is 22.9. The number of amides is 2. The molecule has 2 aromatic rings. The Morgan fingerprint density at radius 1 is 0.919 bits per heavy atom. The molecule has 1 aliphatic heterocycles. The average Bonchev–Trinajstić information content (AvgIpc) is 2.85. The van der Waals surface area contributed by atoms with Crippen molar-refractivity contribution in [3.63, 3.8) is 0 Å². The number of ether oxygens (including phenoxy) is 1. The molecule has 1 unspecified atom stereocenters. The van der Waals surface area contributed by atoms with Crippen molar-refractivity contribution in [3.05, 3.63) is 60.7 Å². The molecule has 200 valence electrons. The van der Waals surface area contributed by atoms with Crippen molar-refractivity contribution in [1.29, 1.82) is 0 Å². The number of rotatable bonds is 7. The van der Waals surface area contributed by atoms with Crippen LogP contribution in [0.1, 0.15) is 48.0 Å². The van der Waals surface area contributed by atoms with E-state index < -0.39 is 26.1 Å². The van der Waals surface area contributed by atoms with Crippen LogP contribution < -0.4 is 10.4 Å². The molecule has 2 amide bonds. The molecule has 0 bridgehead atoms. The van der Waals surface area contributed by atoms with Gasteiger partial charge in [0.25, 0.3) is 8.32 Å². The van der Waals surface area contributed by atoms with E-state index in [4.69, 9.17) is 9.16 Å². The van der Waals surface area contributed by atoms with E-state index in [0.29, 0.717) is 6.54 Å². The molecule has 0 aromatic heterocycles. The summed E-state index contributed by atoms with van der Waals surface area (Å²) >= 11 is 0. The van der Waals surface area contributed by atoms with Gasteiger partial charge in [0, 0.05) is 26.1 Å². The van der Waals surface area contributed by atoms with Crippen LogP contribution in [-0.4, -0.2) is 74.3 Å². The van der Waals surface area contributed by atoms with Crippen molar-refractivity contribution in [2.24, 2.45) is 0 Å². The summed E-state index contributed by atoms with van der Waals surface area (Å²) in [6, 6.07) is 19.9. The lowest BCUT2D eigenvalue weighted by atomic mass is 10.1. The Balaban J connectivity index is 1.75. The van der Waals surface area contributed by atoms with E-state index in [1.807, 2.05) is 36.4 Å². The number of hydrogen-bond acceptors (Lipinski definition) is 5. The van der Waals surface area contributed by atoms with Crippen molar-refractivity contribution in [2.45, 2.75) is 64.6 Å². The number of piperazine rings is 1. The smallest absolute Gasteiger partial charge is 0.410 e. The minimum Gasteiger partial charge on any atom is -0.444 e. The second-order valence-electron chi connectivity index (χ2n) is 11.5. The minimum absolute atomic E-state index is 0.125. The normalized spacial score (nSPS) is 16.9. The number of benzene rings is 2. The fraction of sp³-hybridized carbons (Fsp3) is 0.483. The van der Waals surface area contributed by atoms with Crippen LogP contribution in [0.5, 0.6) is 0 Å². The SMILES string of the molecule is CC(C)(C)OC(=O)N1CCN(C(=O)CCO[Si](c2ccccc2)(c2ccccc2)C(C)(C)C)C(C=O)C1. The van der Waals surface area contributed by atoms with E-state index >= 15 is 0 Å². The Morgan fingerprint density at radius 3 is 1.92 bits per heavy atom. The van der Waals surface area contributed by atoms with E-state index in [-0.39, 0.29) is 37.1 Å². The van der Waals surface area contributed by atoms with E-state index in [1.165, 1.54) is 4.90 Å². The minimum atomic E-state index is -2.75. The molecule has 0 saturated carbocycles. The third-order valence-corrected chi connectivity index (χ3v) is 11.6. The van der Waals surface area contributed by atoms with Crippen LogP contribution in [0, 0.1) is 0 Å². The molecule has 0 N–H and O–H groups in total. The van der Waals surface area contributed by atoms with Gasteiger partial charge in [-0.3, -0.25) is 4.79 Å². The number of nitrogens with zero attached hydrogens (tertiary/aromatic N) is 2. The fourth-order valence-electron chi connectivity index (χ4n) is 4.92. The quantitative estimate of drug-likeness (QED) is 0.409. The van der Waals surface area contributed by atoms with Crippen LogP contribution >= 0.6 is 0 Å². The number of hydrogen-bond donors (Lipinski definition) is 0. The molecule has 1 saturated heterocycles. The van der Waals surface area contributed by atoms with Gasteiger partial charge in [0.05, 0.1) is 6.54 Å². The number of carbonyl (C=O) groups excluding carboxylic acids is 3. The van der Waals surface area contributed by atoms with Gasteiger partial charge in [0.1, 0.15) is 17.9 Å². The standard InChI is InChI=1S/C29H40N2O5Si/c1-28(2,3)36-27(34)30-18-19-31(23(21-30)22-32)26(33)17-20-35-37(29(4,5)6,24-13-9-7-10-14-24)25-15-11-8-12-16-25/h7-16,22-23H,17-21H2,1-6H3. The predicted molar refractivity (Wildman–Crippen MR) is 148 cm³/mol. The maximum Gasteiger partial charge on any atom is 0.410 e. The predicted octanol–water partition coefficient (Wildman–Crippen LogP) is 3.60. The lowest BCUT2D eigenvalue weighted by molar-refractivity contribution is -0.139. The average molecular weight is 525 g/mol. The first-order valence-electron chi connectivity index (χ1n) is 12.9. The van der Waals surface area contributed by atoms with Gasteiger partial charge in [-0.05, 0) is 36.2 Å². The maximum absolute atomic E-state index is 13.2. The van der Waals surface area contributed by atoms with Crippen molar-refractivity contribution >= 4 is 37.0 Å². The summed E-state index contributed by atoms with van der Waals surface area (Å²) < 4.78 is 12.3. The molecule has 3 rings (SSSR count). The molecule has 8 heteroatoms. The Labute approximate surface area is 221 Å². The second-order valence-corrected chi connectivity index (χ2v) is 15.8. The van der Waals surface area contributed by atoms with Crippen molar-refractivity contribution < 1.29 is 23.5 Å². The van der Waals surface area contributed by atoms with E-state index in [0.717, 1.165) is 16.7 Å². The van der Waals surface area contributed by atoms with Crippen molar-refractivity contribution in [3.8, 4) is 0 Å². The van der Waals surface area contributed by atoms with Gasteiger partial charge >= 0.3 is 6.09 Å². The molecule has 1 atom stereocenters. The molecule has 1 aliphatic rings. The zero-order valence-corrected chi connectivity index (χ0v) is 23.9. The summed E-state index contributed by atoms with van der Waals surface area (Å²) in [5.74, 6) is -0.154. The highest BCUT2D eigenvalue weighted by molar-refractivity contribution is 6.99. The highest BCUT2D eigenvalue weighted by Crippen LogP contribution is 2.36. The number of aldehydes is 1. The molecule has 37 heavy (non-hydrogen) atoms. The molecule has 0 aliphatic carbocycles. The second kappa shape index (κ2) is 11.6. The van der Waals surface area contributed by atoms with Gasteiger partial charge in [-0.1, -0.05) is 81.4 Å². The lowest BCUT2D eigenvalue weighted by Gasteiger charge is -2.43. The summed E-state index contributed by atoms with van der Waals surface area (Å²) in [5, 5.41) is 2.11. The van der Waals surface area contributed by atoms with Gasteiger partial charge in [0.15, 0.2) is 0 Å². The molecule has 2 aromatic carbocycles. The summed E-state index contributed by atoms with van der Waals surface area (Å²) in [6.07, 6.45) is 0.417. The van der Waals surface area contributed by atoms with Gasteiger partial charge < -0.3 is 23.8 Å². The zero-order chi connectivity index (χ0) is 27.3. The fourth-order valence-corrected chi connectivity index (χ4v) is 9.49. The van der Waals surface area contributed by atoms with Gasteiger partial charge in [-0.15, -0.1) is 0 Å². The molecule has 7 nitrogen and oxygen atoms in total. The summed E-state index contributed by atoms with van der Waals surface area (Å²) in [7, 11) is -2.75. The first-order valence-corrected chi connectivity index (χ1v) is 14.8. The summed E-state index contributed by atoms with van der Waals surface area (Å²) in [6.45, 7) is 12.9. The van der Waals surface area contributed by atoms with Crippen LogP contribution in [-0.2, 0) is 18.8 Å². The van der Waals surface area contributed by atoms with Gasteiger partial charge in [-0.2, -0.15) is 0 Å². The van der Waals surface area contributed by atoms with E-state index in [1.54, 1.807) is 25.7 Å². The van der Waals surface area contributed by atoms with Crippen LogP contribution in [0.2, 0.25) is 5.04 Å². The Bertz CT molecular complexity index is 1020. The maximum atomic E-state index is 13.2. The molecule has 1 heterocycles. The number of carbonyl (C=O) groups is 3. The molecule has 0 spiro atoms. The van der Waals surface area contributed by atoms with Crippen molar-refractivity contribution in [1.82, 2.24) is 9.80 Å². The highest BCUT2D eigenvalue weighted by atomic mass is 28.4. The Morgan fingerprint density at radius 2 is 1.46 bits per heavy atom. The Hall–Kier alpha value is -2.97. The molecular weight excluding hydrogens is 484 g/mol. The molecule has 0 radical (unpaired) electrons. The summed E-state index contributed by atoms with van der Waals surface area (Å²) in [5.41, 5.74) is -0.626. The topological polar surface area (TPSA) is 76.2 Å². The third kappa shape index (κ3) is 6.67. The third-order valence-electron chi connectivity index (χ3n) is 6.60. The molecule has 1 fully saturated rings. The Kier molecular flexibility index (Phi) is 8.97. The first-order chi connectivity index (χ1) is 17.4. The van der Waals surface area contributed by atoms with E-state index in [9.17, 15) is 14.4 Å². The largest absolute Gasteiger partial charge is 0.444 e. The van der Waals surface area contributed by atoms with Gasteiger partial charge in [0.2, 0.25) is 5.91 Å².